The zero-order valence-corrected chi connectivity index (χ0v) is 15.5. The molecule has 1 aromatic heterocycles. The molecule has 2 aromatic rings. The van der Waals surface area contributed by atoms with Crippen LogP contribution in [0.5, 0.6) is 5.75 Å². The first-order chi connectivity index (χ1) is 12.6. The molecular formula is C19H22ClN3O3. The first-order valence-corrected chi connectivity index (χ1v) is 8.93. The predicted molar refractivity (Wildman–Crippen MR) is 101 cm³/mol. The van der Waals surface area contributed by atoms with Gasteiger partial charge >= 0.3 is 0 Å². The number of nitrogens with zero attached hydrogens (tertiary/aromatic N) is 2. The molecule has 0 atom stereocenters. The Labute approximate surface area is 158 Å². The molecule has 1 amide bonds. The van der Waals surface area contributed by atoms with Crippen LogP contribution in [0.3, 0.4) is 0 Å². The number of aryl methyl sites for hydroxylation is 1. The normalized spacial score (nSPS) is 14.2. The van der Waals surface area contributed by atoms with Gasteiger partial charge in [-0.15, -0.1) is 0 Å². The summed E-state index contributed by atoms with van der Waals surface area (Å²) in [6, 6.07) is 9.21. The first kappa shape index (κ1) is 18.5. The van der Waals surface area contributed by atoms with Gasteiger partial charge < -0.3 is 19.7 Å². The lowest BCUT2D eigenvalue weighted by atomic mass is 10.2. The van der Waals surface area contributed by atoms with E-state index in [0.29, 0.717) is 30.5 Å². The standard InChI is InChI=1S/C19H22ClN3O3/c1-14-10-16(20)2-3-17(14)26-13-19(24)22-12-15-4-5-21-18(11-15)23-6-8-25-9-7-23/h2-5,10-11H,6-9,12-13H2,1H3,(H,22,24). The van der Waals surface area contributed by atoms with E-state index in [0.717, 1.165) is 30.0 Å². The van der Waals surface area contributed by atoms with E-state index >= 15 is 0 Å². The molecule has 0 bridgehead atoms. The van der Waals surface area contributed by atoms with Crippen molar-refractivity contribution >= 4 is 23.3 Å². The molecule has 2 heterocycles. The van der Waals surface area contributed by atoms with Gasteiger partial charge in [0.1, 0.15) is 11.6 Å². The van der Waals surface area contributed by atoms with Crippen LogP contribution >= 0.6 is 11.6 Å². The molecule has 1 saturated heterocycles. The van der Waals surface area contributed by atoms with Gasteiger partial charge in [0.15, 0.2) is 6.61 Å². The van der Waals surface area contributed by atoms with Crippen molar-refractivity contribution in [3.63, 3.8) is 0 Å². The van der Waals surface area contributed by atoms with Crippen molar-refractivity contribution in [1.29, 1.82) is 0 Å². The van der Waals surface area contributed by atoms with Crippen LogP contribution in [0.15, 0.2) is 36.5 Å². The summed E-state index contributed by atoms with van der Waals surface area (Å²) in [5.74, 6) is 1.39. The summed E-state index contributed by atoms with van der Waals surface area (Å²) < 4.78 is 10.9. The van der Waals surface area contributed by atoms with Gasteiger partial charge in [0.25, 0.3) is 5.91 Å². The fourth-order valence-corrected chi connectivity index (χ4v) is 2.93. The van der Waals surface area contributed by atoms with Gasteiger partial charge in [0.2, 0.25) is 0 Å². The second-order valence-corrected chi connectivity index (χ2v) is 6.53. The van der Waals surface area contributed by atoms with Crippen LogP contribution < -0.4 is 15.0 Å². The van der Waals surface area contributed by atoms with Crippen molar-refractivity contribution in [2.45, 2.75) is 13.5 Å². The molecule has 0 aliphatic carbocycles. The maximum atomic E-state index is 12.0. The summed E-state index contributed by atoms with van der Waals surface area (Å²) in [6.07, 6.45) is 1.76. The number of ether oxygens (including phenoxy) is 2. The Hall–Kier alpha value is -2.31. The lowest BCUT2D eigenvalue weighted by Crippen LogP contribution is -2.36. The van der Waals surface area contributed by atoms with Crippen molar-refractivity contribution < 1.29 is 14.3 Å². The number of nitrogens with one attached hydrogen (secondary N) is 1. The molecule has 3 rings (SSSR count). The summed E-state index contributed by atoms with van der Waals surface area (Å²) in [5, 5.41) is 3.52. The first-order valence-electron chi connectivity index (χ1n) is 8.55. The van der Waals surface area contributed by atoms with Crippen molar-refractivity contribution in [3.8, 4) is 5.75 Å². The molecule has 7 heteroatoms. The van der Waals surface area contributed by atoms with Gasteiger partial charge in [-0.05, 0) is 48.4 Å². The molecule has 6 nitrogen and oxygen atoms in total. The Balaban J connectivity index is 1.49. The highest BCUT2D eigenvalue weighted by atomic mass is 35.5. The third kappa shape index (κ3) is 5.09. The van der Waals surface area contributed by atoms with Crippen LogP contribution in [0.25, 0.3) is 0 Å². The summed E-state index contributed by atoms with van der Waals surface area (Å²) in [7, 11) is 0. The van der Waals surface area contributed by atoms with Crippen LogP contribution in [0.4, 0.5) is 5.82 Å². The Kier molecular flexibility index (Phi) is 6.30. The van der Waals surface area contributed by atoms with E-state index in [4.69, 9.17) is 21.1 Å². The molecule has 1 fully saturated rings. The molecule has 1 aliphatic rings. The number of rotatable bonds is 6. The molecular weight excluding hydrogens is 354 g/mol. The number of morpholine rings is 1. The van der Waals surface area contributed by atoms with E-state index in [1.807, 2.05) is 19.1 Å². The highest BCUT2D eigenvalue weighted by Crippen LogP contribution is 2.21. The summed E-state index contributed by atoms with van der Waals surface area (Å²) in [4.78, 5) is 18.6. The highest BCUT2D eigenvalue weighted by molar-refractivity contribution is 6.30. The number of carbonyl (C=O) groups excluding carboxylic acids is 1. The maximum Gasteiger partial charge on any atom is 0.258 e. The molecule has 1 aromatic carbocycles. The average molecular weight is 376 g/mol. The minimum atomic E-state index is -0.177. The quantitative estimate of drug-likeness (QED) is 0.840. The SMILES string of the molecule is Cc1cc(Cl)ccc1OCC(=O)NCc1ccnc(N2CCOCC2)c1. The number of hydrogen-bond donors (Lipinski definition) is 1. The minimum absolute atomic E-state index is 0.0378. The van der Waals surface area contributed by atoms with E-state index in [2.05, 4.69) is 15.2 Å². The lowest BCUT2D eigenvalue weighted by molar-refractivity contribution is -0.123. The zero-order chi connectivity index (χ0) is 18.4. The monoisotopic (exact) mass is 375 g/mol. The average Bonchev–Trinajstić information content (AvgIpc) is 2.66. The van der Waals surface area contributed by atoms with Gasteiger partial charge in [-0.1, -0.05) is 11.6 Å². The third-order valence-corrected chi connectivity index (χ3v) is 4.37. The number of anilines is 1. The molecule has 0 unspecified atom stereocenters. The molecule has 1 N–H and O–H groups in total. The number of carbonyl (C=O) groups is 1. The van der Waals surface area contributed by atoms with Gasteiger partial charge in [-0.25, -0.2) is 4.98 Å². The zero-order valence-electron chi connectivity index (χ0n) is 14.7. The van der Waals surface area contributed by atoms with E-state index in [-0.39, 0.29) is 12.5 Å². The largest absolute Gasteiger partial charge is 0.484 e. The summed E-state index contributed by atoms with van der Waals surface area (Å²) >= 11 is 5.92. The number of benzene rings is 1. The van der Waals surface area contributed by atoms with Crippen LogP contribution in [-0.2, 0) is 16.1 Å². The molecule has 0 saturated carbocycles. The Morgan fingerprint density at radius 3 is 2.88 bits per heavy atom. The Morgan fingerprint density at radius 1 is 1.31 bits per heavy atom. The Bertz CT molecular complexity index is 763. The summed E-state index contributed by atoms with van der Waals surface area (Å²) in [6.45, 7) is 5.37. The van der Waals surface area contributed by atoms with Crippen LogP contribution in [-0.4, -0.2) is 43.8 Å². The molecule has 1 aliphatic heterocycles. The van der Waals surface area contributed by atoms with Crippen molar-refractivity contribution in [1.82, 2.24) is 10.3 Å². The van der Waals surface area contributed by atoms with Crippen LogP contribution in [0.1, 0.15) is 11.1 Å². The maximum absolute atomic E-state index is 12.0. The molecule has 0 spiro atoms. The molecule has 26 heavy (non-hydrogen) atoms. The van der Waals surface area contributed by atoms with Crippen LogP contribution in [0, 0.1) is 6.92 Å². The fourth-order valence-electron chi connectivity index (χ4n) is 2.71. The van der Waals surface area contributed by atoms with E-state index < -0.39 is 0 Å². The third-order valence-electron chi connectivity index (χ3n) is 4.13. The van der Waals surface area contributed by atoms with Crippen molar-refractivity contribution in [2.75, 3.05) is 37.8 Å². The second-order valence-electron chi connectivity index (χ2n) is 6.10. The fraction of sp³-hybridized carbons (Fsp3) is 0.368. The number of halogens is 1. The van der Waals surface area contributed by atoms with Crippen LogP contribution in [0.2, 0.25) is 5.02 Å². The van der Waals surface area contributed by atoms with E-state index in [1.165, 1.54) is 0 Å². The van der Waals surface area contributed by atoms with Crippen molar-refractivity contribution in [2.24, 2.45) is 0 Å². The number of amides is 1. The molecule has 0 radical (unpaired) electrons. The minimum Gasteiger partial charge on any atom is -0.484 e. The predicted octanol–water partition coefficient (Wildman–Crippen LogP) is 2.58. The van der Waals surface area contributed by atoms with Gasteiger partial charge in [-0.3, -0.25) is 4.79 Å². The number of aromatic nitrogens is 1. The van der Waals surface area contributed by atoms with E-state index in [9.17, 15) is 4.79 Å². The summed E-state index contributed by atoms with van der Waals surface area (Å²) in [5.41, 5.74) is 1.90. The van der Waals surface area contributed by atoms with Crippen molar-refractivity contribution in [3.05, 3.63) is 52.7 Å². The number of pyridine rings is 1. The van der Waals surface area contributed by atoms with E-state index in [1.54, 1.807) is 24.4 Å². The topological polar surface area (TPSA) is 63.7 Å². The lowest BCUT2D eigenvalue weighted by Gasteiger charge is -2.28. The van der Waals surface area contributed by atoms with Gasteiger partial charge in [0, 0.05) is 30.9 Å². The Morgan fingerprint density at radius 2 is 2.12 bits per heavy atom. The smallest absolute Gasteiger partial charge is 0.258 e. The molecule has 138 valence electrons. The van der Waals surface area contributed by atoms with Gasteiger partial charge in [0.05, 0.1) is 13.2 Å². The van der Waals surface area contributed by atoms with Gasteiger partial charge in [-0.2, -0.15) is 0 Å². The number of hydrogen-bond acceptors (Lipinski definition) is 5. The second kappa shape index (κ2) is 8.87. The highest BCUT2D eigenvalue weighted by Gasteiger charge is 2.13.